The Kier molecular flexibility index (Phi) is 8.19. The number of carbonyl (C=O) groups excluding carboxylic acids is 2. The lowest BCUT2D eigenvalue weighted by atomic mass is 10.0. The summed E-state index contributed by atoms with van der Waals surface area (Å²) < 4.78 is 34.0. The topological polar surface area (TPSA) is 105 Å². The van der Waals surface area contributed by atoms with Crippen LogP contribution in [0.1, 0.15) is 49.5 Å². The Labute approximate surface area is 201 Å². The van der Waals surface area contributed by atoms with Crippen molar-refractivity contribution in [1.82, 2.24) is 10.2 Å². The number of carbonyl (C=O) groups is 2. The molecule has 1 aliphatic rings. The van der Waals surface area contributed by atoms with Crippen molar-refractivity contribution in [3.63, 3.8) is 0 Å². The van der Waals surface area contributed by atoms with Crippen molar-refractivity contribution in [3.8, 4) is 5.75 Å². The zero-order chi connectivity index (χ0) is 24.9. The Bertz CT molecular complexity index is 1120. The third kappa shape index (κ3) is 6.08. The van der Waals surface area contributed by atoms with Crippen LogP contribution in [-0.2, 0) is 21.2 Å². The van der Waals surface area contributed by atoms with Crippen molar-refractivity contribution in [2.24, 2.45) is 5.92 Å². The minimum absolute atomic E-state index is 0.0519. The fourth-order valence-electron chi connectivity index (χ4n) is 3.92. The molecule has 0 unspecified atom stereocenters. The van der Waals surface area contributed by atoms with Crippen LogP contribution in [0.5, 0.6) is 5.75 Å². The maximum Gasteiger partial charge on any atom is 0.265 e. The largest absolute Gasteiger partial charge is 0.495 e. The lowest BCUT2D eigenvalue weighted by molar-refractivity contribution is -0.135. The Balaban J connectivity index is 1.72. The Hall–Kier alpha value is -3.07. The van der Waals surface area contributed by atoms with E-state index in [0.29, 0.717) is 31.6 Å². The number of nitrogens with zero attached hydrogens (tertiary/aromatic N) is 1. The molecule has 9 heteroatoms. The Morgan fingerprint density at radius 2 is 1.74 bits per heavy atom. The number of rotatable bonds is 8. The van der Waals surface area contributed by atoms with Crippen LogP contribution < -0.4 is 14.8 Å². The van der Waals surface area contributed by atoms with Gasteiger partial charge in [0.25, 0.3) is 15.9 Å². The summed E-state index contributed by atoms with van der Waals surface area (Å²) in [6.07, 6.45) is 2.16. The first-order valence-electron chi connectivity index (χ1n) is 11.5. The third-order valence-corrected chi connectivity index (χ3v) is 7.37. The quantitative estimate of drug-likeness (QED) is 0.594. The van der Waals surface area contributed by atoms with Gasteiger partial charge in [-0.05, 0) is 55.2 Å². The van der Waals surface area contributed by atoms with Crippen LogP contribution in [0.15, 0.2) is 47.4 Å². The molecule has 184 valence electrons. The highest BCUT2D eigenvalue weighted by atomic mass is 32.2. The zero-order valence-electron chi connectivity index (χ0n) is 20.1. The van der Waals surface area contributed by atoms with Gasteiger partial charge in [-0.2, -0.15) is 0 Å². The molecule has 0 bridgehead atoms. The summed E-state index contributed by atoms with van der Waals surface area (Å²) in [5.41, 5.74) is 1.75. The predicted molar refractivity (Wildman–Crippen MR) is 132 cm³/mol. The van der Waals surface area contributed by atoms with Gasteiger partial charge in [0, 0.05) is 36.3 Å². The van der Waals surface area contributed by atoms with Crippen LogP contribution in [0.25, 0.3) is 0 Å². The van der Waals surface area contributed by atoms with Gasteiger partial charge in [0.05, 0.1) is 7.11 Å². The van der Waals surface area contributed by atoms with Gasteiger partial charge in [-0.1, -0.05) is 32.9 Å². The van der Waals surface area contributed by atoms with Crippen LogP contribution in [0.4, 0.5) is 5.69 Å². The summed E-state index contributed by atoms with van der Waals surface area (Å²) in [6.45, 7) is 6.95. The van der Waals surface area contributed by atoms with E-state index in [1.807, 2.05) is 37.8 Å². The van der Waals surface area contributed by atoms with Crippen molar-refractivity contribution in [2.45, 2.75) is 51.0 Å². The lowest BCUT2D eigenvalue weighted by Gasteiger charge is -2.33. The minimum atomic E-state index is -3.99. The normalized spacial score (nSPS) is 14.7. The monoisotopic (exact) mass is 487 g/mol. The minimum Gasteiger partial charge on any atom is -0.495 e. The van der Waals surface area contributed by atoms with E-state index in [9.17, 15) is 18.0 Å². The molecular weight excluding hydrogens is 454 g/mol. The number of amides is 2. The molecule has 0 atom stereocenters. The van der Waals surface area contributed by atoms with Gasteiger partial charge >= 0.3 is 0 Å². The van der Waals surface area contributed by atoms with Crippen LogP contribution in [-0.4, -0.2) is 51.4 Å². The number of methoxy groups -OCH3 is 1. The summed E-state index contributed by atoms with van der Waals surface area (Å²) in [7, 11) is -2.60. The van der Waals surface area contributed by atoms with Gasteiger partial charge in [0.1, 0.15) is 10.6 Å². The van der Waals surface area contributed by atoms with Gasteiger partial charge in [0.2, 0.25) is 5.91 Å². The standard InChI is InChI=1S/C25H33N3O5S/c1-5-18-6-9-21(10-7-18)27-34(31,32)23-16-19(8-11-22(23)33-4)24(29)26-20-12-14-28(15-13-20)25(30)17(2)3/h6-11,16-17,20,27H,5,12-15H2,1-4H3,(H,26,29). The summed E-state index contributed by atoms with van der Waals surface area (Å²) in [6, 6.07) is 11.4. The number of hydrogen-bond donors (Lipinski definition) is 2. The molecule has 1 heterocycles. The van der Waals surface area contributed by atoms with E-state index < -0.39 is 10.0 Å². The fraction of sp³-hybridized carbons (Fsp3) is 0.440. The highest BCUT2D eigenvalue weighted by molar-refractivity contribution is 7.92. The van der Waals surface area contributed by atoms with E-state index >= 15 is 0 Å². The van der Waals surface area contributed by atoms with Gasteiger partial charge in [-0.15, -0.1) is 0 Å². The maximum absolute atomic E-state index is 13.1. The molecule has 34 heavy (non-hydrogen) atoms. The van der Waals surface area contributed by atoms with Crippen LogP contribution in [0, 0.1) is 5.92 Å². The number of hydrogen-bond acceptors (Lipinski definition) is 5. The maximum atomic E-state index is 13.1. The molecule has 2 aromatic carbocycles. The number of sulfonamides is 1. The third-order valence-electron chi connectivity index (χ3n) is 5.97. The highest BCUT2D eigenvalue weighted by Gasteiger charge is 2.27. The molecule has 0 spiro atoms. The average Bonchev–Trinajstić information content (AvgIpc) is 2.83. The van der Waals surface area contributed by atoms with Gasteiger partial charge < -0.3 is 15.0 Å². The second-order valence-corrected chi connectivity index (χ2v) is 10.4. The van der Waals surface area contributed by atoms with Crippen LogP contribution in [0.2, 0.25) is 0 Å². The number of benzene rings is 2. The fourth-order valence-corrected chi connectivity index (χ4v) is 5.18. The van der Waals surface area contributed by atoms with E-state index in [-0.39, 0.29) is 40.0 Å². The molecule has 3 rings (SSSR count). The van der Waals surface area contributed by atoms with Crippen LogP contribution in [0.3, 0.4) is 0 Å². The Morgan fingerprint density at radius 3 is 2.29 bits per heavy atom. The van der Waals surface area contributed by atoms with Crippen molar-refractivity contribution < 1.29 is 22.7 Å². The molecule has 0 aromatic heterocycles. The number of nitrogens with one attached hydrogen (secondary N) is 2. The van der Waals surface area contributed by atoms with Crippen molar-refractivity contribution in [3.05, 3.63) is 53.6 Å². The zero-order valence-corrected chi connectivity index (χ0v) is 20.9. The summed E-state index contributed by atoms with van der Waals surface area (Å²) in [5, 5.41) is 2.97. The molecule has 0 aliphatic carbocycles. The molecule has 8 nitrogen and oxygen atoms in total. The predicted octanol–water partition coefficient (Wildman–Crippen LogP) is 3.44. The second kappa shape index (κ2) is 10.9. The first kappa shape index (κ1) is 25.6. The molecular formula is C25H33N3O5S. The van der Waals surface area contributed by atoms with Gasteiger partial charge in [-0.3, -0.25) is 14.3 Å². The van der Waals surface area contributed by atoms with Gasteiger partial charge in [0.15, 0.2) is 0 Å². The number of anilines is 1. The molecule has 2 N–H and O–H groups in total. The van der Waals surface area contributed by atoms with E-state index in [4.69, 9.17) is 4.74 Å². The van der Waals surface area contributed by atoms with E-state index in [0.717, 1.165) is 12.0 Å². The van der Waals surface area contributed by atoms with Gasteiger partial charge in [-0.25, -0.2) is 8.42 Å². The number of aryl methyl sites for hydroxylation is 1. The number of likely N-dealkylation sites (tertiary alicyclic amines) is 1. The van der Waals surface area contributed by atoms with Crippen molar-refractivity contribution in [1.29, 1.82) is 0 Å². The van der Waals surface area contributed by atoms with E-state index in [1.54, 1.807) is 18.2 Å². The van der Waals surface area contributed by atoms with E-state index in [2.05, 4.69) is 10.0 Å². The SMILES string of the molecule is CCc1ccc(NS(=O)(=O)c2cc(C(=O)NC3CCN(C(=O)C(C)C)CC3)ccc2OC)cc1. The van der Waals surface area contributed by atoms with Crippen molar-refractivity contribution in [2.75, 3.05) is 24.9 Å². The summed E-state index contributed by atoms with van der Waals surface area (Å²) in [5.74, 6) is -0.148. The first-order chi connectivity index (χ1) is 16.1. The highest BCUT2D eigenvalue weighted by Crippen LogP contribution is 2.27. The lowest BCUT2D eigenvalue weighted by Crippen LogP contribution is -2.47. The molecule has 0 radical (unpaired) electrons. The van der Waals surface area contributed by atoms with E-state index in [1.165, 1.54) is 19.2 Å². The molecule has 1 aliphatic heterocycles. The number of piperidine rings is 1. The first-order valence-corrected chi connectivity index (χ1v) is 13.0. The molecule has 0 saturated carbocycles. The molecule has 1 fully saturated rings. The summed E-state index contributed by atoms with van der Waals surface area (Å²) in [4.78, 5) is 26.8. The molecule has 1 saturated heterocycles. The Morgan fingerprint density at radius 1 is 1.09 bits per heavy atom. The second-order valence-electron chi connectivity index (χ2n) is 8.75. The smallest absolute Gasteiger partial charge is 0.265 e. The average molecular weight is 488 g/mol. The summed E-state index contributed by atoms with van der Waals surface area (Å²) >= 11 is 0. The molecule has 2 amide bonds. The number of ether oxygens (including phenoxy) is 1. The van der Waals surface area contributed by atoms with Crippen molar-refractivity contribution >= 4 is 27.5 Å². The van der Waals surface area contributed by atoms with Crippen LogP contribution >= 0.6 is 0 Å². The molecule has 2 aromatic rings.